The van der Waals surface area contributed by atoms with Crippen molar-refractivity contribution in [1.29, 1.82) is 0 Å². The van der Waals surface area contributed by atoms with E-state index < -0.39 is 8.56 Å². The molecular weight excluding hydrogens is 211 g/mol. The molecule has 0 amide bonds. The van der Waals surface area contributed by atoms with Crippen LogP contribution in [0.3, 0.4) is 0 Å². The van der Waals surface area contributed by atoms with Crippen molar-refractivity contribution in [2.75, 3.05) is 6.61 Å². The summed E-state index contributed by atoms with van der Waals surface area (Å²) in [6.07, 6.45) is 0.961. The second kappa shape index (κ2) is 5.28. The first-order chi connectivity index (χ1) is 7.03. The van der Waals surface area contributed by atoms with Crippen molar-refractivity contribution in [3.05, 3.63) is 30.1 Å². The fourth-order valence-corrected chi connectivity index (χ4v) is 2.64. The molecule has 1 rings (SSSR count). The molecule has 1 aromatic carbocycles. The molecule has 0 unspecified atom stereocenters. The number of halogens is 1. The van der Waals surface area contributed by atoms with E-state index in [1.807, 2.05) is 20.0 Å². The molecule has 0 radical (unpaired) electrons. The lowest BCUT2D eigenvalue weighted by Gasteiger charge is -2.23. The highest BCUT2D eigenvalue weighted by molar-refractivity contribution is 6.65. The molecule has 0 spiro atoms. The van der Waals surface area contributed by atoms with Gasteiger partial charge in [-0.05, 0) is 31.6 Å². The van der Waals surface area contributed by atoms with E-state index >= 15 is 0 Å². The van der Waals surface area contributed by atoms with Gasteiger partial charge < -0.3 is 8.85 Å². The number of hydrogen-bond donors (Lipinski definition) is 0. The topological polar surface area (TPSA) is 18.5 Å². The van der Waals surface area contributed by atoms with E-state index in [4.69, 9.17) is 8.85 Å². The summed E-state index contributed by atoms with van der Waals surface area (Å²) in [5.74, 6) is 0.260. The van der Waals surface area contributed by atoms with Gasteiger partial charge in [0.25, 0.3) is 0 Å². The Hall–Kier alpha value is -0.873. The zero-order valence-electron chi connectivity index (χ0n) is 9.42. The highest BCUT2D eigenvalue weighted by atomic mass is 28.4. The lowest BCUT2D eigenvalue weighted by Crippen LogP contribution is -2.38. The van der Waals surface area contributed by atoms with Crippen molar-refractivity contribution in [2.45, 2.75) is 26.4 Å². The van der Waals surface area contributed by atoms with Gasteiger partial charge in [-0.1, -0.05) is 13.0 Å². The van der Waals surface area contributed by atoms with Gasteiger partial charge >= 0.3 is 8.56 Å². The molecule has 84 valence electrons. The zero-order chi connectivity index (χ0) is 11.3. The molecule has 4 heteroatoms. The first-order valence-corrected chi connectivity index (χ1v) is 7.94. The van der Waals surface area contributed by atoms with Crippen LogP contribution in [0.4, 0.5) is 4.39 Å². The second-order valence-corrected chi connectivity index (χ2v) is 7.10. The summed E-state index contributed by atoms with van der Waals surface area (Å²) in [4.78, 5) is 0. The van der Waals surface area contributed by atoms with E-state index in [1.54, 1.807) is 12.1 Å². The van der Waals surface area contributed by atoms with Crippen molar-refractivity contribution in [1.82, 2.24) is 0 Å². The van der Waals surface area contributed by atoms with Gasteiger partial charge in [-0.15, -0.1) is 0 Å². The maximum atomic E-state index is 12.9. The molecule has 0 bridgehead atoms. The van der Waals surface area contributed by atoms with Crippen LogP contribution in [-0.4, -0.2) is 15.2 Å². The van der Waals surface area contributed by atoms with Crippen LogP contribution in [0.25, 0.3) is 0 Å². The summed E-state index contributed by atoms with van der Waals surface area (Å²) in [7, 11) is -2.15. The molecule has 0 aliphatic heterocycles. The minimum Gasteiger partial charge on any atom is -0.520 e. The van der Waals surface area contributed by atoms with Gasteiger partial charge in [0.1, 0.15) is 11.6 Å². The summed E-state index contributed by atoms with van der Waals surface area (Å²) < 4.78 is 24.2. The van der Waals surface area contributed by atoms with Crippen LogP contribution in [0.1, 0.15) is 13.3 Å². The molecule has 0 fully saturated rings. The average molecular weight is 228 g/mol. The van der Waals surface area contributed by atoms with Crippen LogP contribution in [0.2, 0.25) is 13.1 Å². The highest BCUT2D eigenvalue weighted by Crippen LogP contribution is 2.17. The molecule has 0 heterocycles. The summed E-state index contributed by atoms with van der Waals surface area (Å²) in [5, 5.41) is 0. The molecule has 0 aromatic heterocycles. The van der Waals surface area contributed by atoms with Crippen LogP contribution in [0.5, 0.6) is 5.75 Å². The van der Waals surface area contributed by atoms with E-state index in [9.17, 15) is 4.39 Å². The fourth-order valence-electron chi connectivity index (χ4n) is 1.19. The number of hydrogen-bond acceptors (Lipinski definition) is 2. The second-order valence-electron chi connectivity index (χ2n) is 3.81. The van der Waals surface area contributed by atoms with Crippen LogP contribution in [-0.2, 0) is 4.43 Å². The summed E-state index contributed by atoms with van der Waals surface area (Å²) in [6.45, 7) is 6.64. The SMILES string of the molecule is CCCO[Si](C)(C)Oc1cccc(F)c1. The Morgan fingerprint density at radius 2 is 2.07 bits per heavy atom. The number of benzene rings is 1. The predicted molar refractivity (Wildman–Crippen MR) is 60.8 cm³/mol. The van der Waals surface area contributed by atoms with Crippen LogP contribution in [0, 0.1) is 5.82 Å². The minimum absolute atomic E-state index is 0.284. The largest absolute Gasteiger partial charge is 0.520 e. The van der Waals surface area contributed by atoms with Crippen LogP contribution >= 0.6 is 0 Å². The van der Waals surface area contributed by atoms with Gasteiger partial charge in [0.2, 0.25) is 0 Å². The van der Waals surface area contributed by atoms with Crippen molar-refractivity contribution in [3.63, 3.8) is 0 Å². The minimum atomic E-state index is -2.15. The van der Waals surface area contributed by atoms with Crippen molar-refractivity contribution in [2.24, 2.45) is 0 Å². The monoisotopic (exact) mass is 228 g/mol. The van der Waals surface area contributed by atoms with E-state index in [0.29, 0.717) is 12.4 Å². The van der Waals surface area contributed by atoms with Gasteiger partial charge in [0, 0.05) is 12.7 Å². The lowest BCUT2D eigenvalue weighted by molar-refractivity contribution is 0.248. The van der Waals surface area contributed by atoms with E-state index in [1.165, 1.54) is 12.1 Å². The smallest absolute Gasteiger partial charge is 0.392 e. The Balaban J connectivity index is 2.60. The molecule has 15 heavy (non-hydrogen) atoms. The first-order valence-electron chi connectivity index (χ1n) is 5.12. The molecule has 1 aromatic rings. The molecule has 2 nitrogen and oxygen atoms in total. The Bertz CT molecular complexity index is 315. The summed E-state index contributed by atoms with van der Waals surface area (Å²) in [5.41, 5.74) is 0. The summed E-state index contributed by atoms with van der Waals surface area (Å²) in [6, 6.07) is 6.15. The zero-order valence-corrected chi connectivity index (χ0v) is 10.4. The first kappa shape index (κ1) is 12.2. The third-order valence-corrected chi connectivity index (χ3v) is 3.44. The maximum Gasteiger partial charge on any atom is 0.392 e. The van der Waals surface area contributed by atoms with Gasteiger partial charge in [-0.25, -0.2) is 4.39 Å². The Morgan fingerprint density at radius 3 is 2.67 bits per heavy atom. The molecule has 0 aliphatic rings. The maximum absolute atomic E-state index is 12.9. The molecule has 0 saturated heterocycles. The standard InChI is InChI=1S/C11H17FO2Si/c1-4-8-13-15(2,3)14-11-7-5-6-10(12)9-11/h5-7,9H,4,8H2,1-3H3. The third-order valence-electron chi connectivity index (χ3n) is 1.81. The molecular formula is C11H17FO2Si. The van der Waals surface area contributed by atoms with E-state index in [0.717, 1.165) is 6.42 Å². The van der Waals surface area contributed by atoms with Gasteiger partial charge in [-0.3, -0.25) is 0 Å². The van der Waals surface area contributed by atoms with E-state index in [-0.39, 0.29) is 5.82 Å². The molecule has 0 N–H and O–H groups in total. The number of rotatable bonds is 5. The fraction of sp³-hybridized carbons (Fsp3) is 0.455. The summed E-state index contributed by atoms with van der Waals surface area (Å²) >= 11 is 0. The van der Waals surface area contributed by atoms with Crippen LogP contribution < -0.4 is 4.43 Å². The average Bonchev–Trinajstić information content (AvgIpc) is 2.14. The van der Waals surface area contributed by atoms with E-state index in [2.05, 4.69) is 0 Å². The van der Waals surface area contributed by atoms with Gasteiger partial charge in [-0.2, -0.15) is 0 Å². The molecule has 0 aliphatic carbocycles. The van der Waals surface area contributed by atoms with Crippen molar-refractivity contribution in [3.8, 4) is 5.75 Å². The predicted octanol–water partition coefficient (Wildman–Crippen LogP) is 3.33. The Kier molecular flexibility index (Phi) is 4.29. The third kappa shape index (κ3) is 4.44. The molecule has 0 saturated carbocycles. The van der Waals surface area contributed by atoms with Crippen molar-refractivity contribution >= 4 is 8.56 Å². The highest BCUT2D eigenvalue weighted by Gasteiger charge is 2.26. The van der Waals surface area contributed by atoms with Crippen LogP contribution in [0.15, 0.2) is 24.3 Å². The van der Waals surface area contributed by atoms with Gasteiger partial charge in [0.15, 0.2) is 0 Å². The Labute approximate surface area is 91.3 Å². The normalized spacial score (nSPS) is 11.5. The molecule has 0 atom stereocenters. The Morgan fingerprint density at radius 1 is 1.33 bits per heavy atom. The quantitative estimate of drug-likeness (QED) is 0.720. The van der Waals surface area contributed by atoms with Crippen molar-refractivity contribution < 1.29 is 13.2 Å². The van der Waals surface area contributed by atoms with Gasteiger partial charge in [0.05, 0.1) is 0 Å². The lowest BCUT2D eigenvalue weighted by atomic mass is 10.3.